The number of benzene rings is 2. The predicted molar refractivity (Wildman–Crippen MR) is 354 cm³/mol. The first-order valence-electron chi connectivity index (χ1n) is 31.8. The van der Waals surface area contributed by atoms with E-state index in [-0.39, 0.29) is 67.0 Å². The predicted octanol–water partition coefficient (Wildman–Crippen LogP) is 8.32. The third-order valence-corrected chi connectivity index (χ3v) is 18.3. The molecule has 5 aromatic rings. The number of fused-ring (bicyclic) bond motifs is 5. The lowest BCUT2D eigenvalue weighted by molar-refractivity contribution is -0.175. The van der Waals surface area contributed by atoms with Crippen LogP contribution in [0.2, 0.25) is 0 Å². The molecule has 0 bridgehead atoms. The number of carbonyl (C=O) groups is 6. The van der Waals surface area contributed by atoms with Gasteiger partial charge in [-0.2, -0.15) is 0 Å². The van der Waals surface area contributed by atoms with Gasteiger partial charge in [-0.3, -0.25) is 24.0 Å². The Morgan fingerprint density at radius 2 is 1.65 bits per heavy atom. The van der Waals surface area contributed by atoms with Crippen LogP contribution in [0, 0.1) is 0 Å². The van der Waals surface area contributed by atoms with Crippen LogP contribution in [0.1, 0.15) is 152 Å². The average molecular weight is 1310 g/mol. The highest BCUT2D eigenvalue weighted by Gasteiger charge is 2.51. The number of cyclic esters (lactones) is 1. The summed E-state index contributed by atoms with van der Waals surface area (Å²) < 4.78 is 44.2. The molecule has 0 saturated carbocycles. The second-order valence-electron chi connectivity index (χ2n) is 23.7. The van der Waals surface area contributed by atoms with Gasteiger partial charge in [-0.1, -0.05) is 101 Å². The Morgan fingerprint density at radius 3 is 2.38 bits per heavy atom. The molecule has 2 aromatic carbocycles. The number of nitrogens with zero attached hydrogens (tertiary/aromatic N) is 5. The summed E-state index contributed by atoms with van der Waals surface area (Å²) in [5.41, 5.74) is 9.00. The molecule has 3 aromatic heterocycles. The Bertz CT molecular complexity index is 3450. The number of carbonyl (C=O) groups excluding carboxylic acids is 6. The summed E-state index contributed by atoms with van der Waals surface area (Å²) in [4.78, 5) is 107. The Morgan fingerprint density at radius 1 is 0.902 bits per heavy atom. The second kappa shape index (κ2) is 35.6. The molecule has 7 rings (SSSR count). The molecule has 2 aliphatic heterocycles. The van der Waals surface area contributed by atoms with Crippen molar-refractivity contribution in [3.8, 4) is 11.4 Å². The number of anilines is 1. The normalized spacial score (nSPS) is 15.0. The van der Waals surface area contributed by atoms with Crippen molar-refractivity contribution >= 4 is 81.2 Å². The number of allylic oxidation sites excluding steroid dienone is 1. The average Bonchev–Trinajstić information content (AvgIpc) is 1.47. The van der Waals surface area contributed by atoms with E-state index in [0.29, 0.717) is 106 Å². The Balaban J connectivity index is 0.800. The minimum Gasteiger partial charge on any atom is -0.457 e. The van der Waals surface area contributed by atoms with Crippen LogP contribution in [0.4, 0.5) is 10.5 Å². The summed E-state index contributed by atoms with van der Waals surface area (Å²) in [7, 11) is -1.21. The molecular weight excluding hydrogens is 1220 g/mol. The number of nitrogens with one attached hydrogen (secondary N) is 4. The van der Waals surface area contributed by atoms with E-state index in [1.165, 1.54) is 19.3 Å². The summed E-state index contributed by atoms with van der Waals surface area (Å²) in [6, 6.07) is 14.9. The molecule has 0 spiro atoms. The lowest BCUT2D eigenvalue weighted by Crippen LogP contribution is -2.47. The zero-order chi connectivity index (χ0) is 66.2. The van der Waals surface area contributed by atoms with E-state index in [9.17, 15) is 37.8 Å². The highest BCUT2D eigenvalue weighted by Crippen LogP contribution is 2.43. The van der Waals surface area contributed by atoms with E-state index in [4.69, 9.17) is 34.4 Å². The van der Waals surface area contributed by atoms with E-state index < -0.39 is 64.6 Å². The number of rotatable bonds is 38. The maximum Gasteiger partial charge on any atom is 0.510 e. The molecule has 25 heteroatoms. The van der Waals surface area contributed by atoms with E-state index >= 15 is 0 Å². The smallest absolute Gasteiger partial charge is 0.457 e. The fourth-order valence-corrected chi connectivity index (χ4v) is 12.9. The lowest BCUT2D eigenvalue weighted by atomic mass is 9.85. The highest BCUT2D eigenvalue weighted by atomic mass is 32.2. The molecule has 6 N–H and O–H groups in total. The number of hydrogen-bond donors (Lipinski definition) is 5. The largest absolute Gasteiger partial charge is 0.510 e. The maximum absolute atomic E-state index is 14.4. The van der Waals surface area contributed by atoms with Gasteiger partial charge in [-0.15, -0.1) is 0 Å². The molecule has 0 saturated heterocycles. The molecule has 23 nitrogen and oxygen atoms in total. The summed E-state index contributed by atoms with van der Waals surface area (Å²) in [6.45, 7) is 13.3. The topological polar surface area (TPSA) is 304 Å². The molecule has 498 valence electrons. The maximum atomic E-state index is 14.4. The van der Waals surface area contributed by atoms with Crippen molar-refractivity contribution in [2.45, 2.75) is 172 Å². The summed E-state index contributed by atoms with van der Waals surface area (Å²) in [5.74, 6) is -2.45. The van der Waals surface area contributed by atoms with E-state index in [2.05, 4.69) is 52.0 Å². The highest BCUT2D eigenvalue weighted by molar-refractivity contribution is 8.00. The van der Waals surface area contributed by atoms with Gasteiger partial charge in [0.15, 0.2) is 5.16 Å². The number of amides is 4. The number of ether oxygens (including phenoxy) is 5. The number of aromatic nitrogens is 4. The molecule has 2 aliphatic rings. The SMILES string of the molecule is CCCCCC(C)(C)Sc1ncc(/C=C\CCCC(=O)NCCOCCCNC(=O)COCC(=O)N[C@@H](CCCCN)C(=O)Nc2ccc(COC(=O)O[C@]3(CC)C(=O)OCc4c3cc3n(c4=O)Cc4c-3nc3ccccc3c4CCN(C(C)C)S(C)=O)cc2)cn1. The Hall–Kier alpha value is -7.42. The minimum atomic E-state index is -2.02. The third-order valence-electron chi connectivity index (χ3n) is 15.9. The zero-order valence-corrected chi connectivity index (χ0v) is 55.7. The van der Waals surface area contributed by atoms with Crippen molar-refractivity contribution in [1.82, 2.24) is 39.8 Å². The van der Waals surface area contributed by atoms with Crippen LogP contribution in [-0.2, 0) is 90.4 Å². The Kier molecular flexibility index (Phi) is 27.8. The van der Waals surface area contributed by atoms with Crippen LogP contribution in [0.15, 0.2) is 83.0 Å². The van der Waals surface area contributed by atoms with Gasteiger partial charge < -0.3 is 55.3 Å². The van der Waals surface area contributed by atoms with Crippen LogP contribution in [0.5, 0.6) is 0 Å². The minimum absolute atomic E-state index is 0.0295. The first-order valence-corrected chi connectivity index (χ1v) is 34.2. The summed E-state index contributed by atoms with van der Waals surface area (Å²) >= 11 is 1.71. The Labute approximate surface area is 545 Å². The number of thioether (sulfide) groups is 1. The number of nitrogens with two attached hydrogens (primary N) is 1. The molecule has 0 fully saturated rings. The van der Waals surface area contributed by atoms with Crippen LogP contribution in [0.25, 0.3) is 28.4 Å². The molecule has 0 aliphatic carbocycles. The van der Waals surface area contributed by atoms with Crippen LogP contribution < -0.4 is 32.6 Å². The second-order valence-corrected chi connectivity index (χ2v) is 26.7. The molecule has 4 amide bonds. The van der Waals surface area contributed by atoms with Gasteiger partial charge in [0, 0.05) is 89.9 Å². The molecular formula is C67H90N10O13S2. The van der Waals surface area contributed by atoms with Gasteiger partial charge in [0.25, 0.3) is 5.56 Å². The van der Waals surface area contributed by atoms with Gasteiger partial charge in [0.1, 0.15) is 32.5 Å². The number of hydrogen-bond acceptors (Lipinski definition) is 18. The molecule has 0 radical (unpaired) electrons. The van der Waals surface area contributed by atoms with Crippen LogP contribution >= 0.6 is 11.8 Å². The van der Waals surface area contributed by atoms with Crippen molar-refractivity contribution in [3.05, 3.63) is 117 Å². The van der Waals surface area contributed by atoms with E-state index in [1.54, 1.807) is 59.8 Å². The molecule has 92 heavy (non-hydrogen) atoms. The van der Waals surface area contributed by atoms with Crippen molar-refractivity contribution in [1.29, 1.82) is 0 Å². The van der Waals surface area contributed by atoms with Gasteiger partial charge >= 0.3 is 12.1 Å². The van der Waals surface area contributed by atoms with Crippen molar-refractivity contribution in [3.63, 3.8) is 0 Å². The van der Waals surface area contributed by atoms with Gasteiger partial charge in [0.05, 0.1) is 46.6 Å². The first kappa shape index (κ1) is 72.0. The van der Waals surface area contributed by atoms with Crippen LogP contribution in [0.3, 0.4) is 0 Å². The van der Waals surface area contributed by atoms with Crippen molar-refractivity contribution < 1.29 is 56.7 Å². The lowest BCUT2D eigenvalue weighted by Gasteiger charge is -2.35. The standard InChI is InChI=1S/C67H90N10O13S2/c1-8-10-17-30-66(5,6)91-64-71-38-47(39-72-64)20-12-11-13-24-57(78)70-33-36-86-35-19-32-69-58(79)43-87-44-59(80)74-55(23-16-18-31-68)61(81)73-48-27-25-46(26-28-48)41-89-65(84)90-67(9-2)53-37-56-60-51(40-76(56)62(82)52(53)42-88-63(67)83)49(29-34-77(45(3)4)92(7)85)50-21-14-15-22-54(50)75-60/h12,14-15,20-22,25-28,37-39,45,55H,8-11,13,16-19,23-24,29-36,40-44,68H2,1-7H3,(H,69,79)(H,70,78)(H,73,81)(H,74,80)/b20-12-/t55-,67-,92?/m0/s1. The fourth-order valence-electron chi connectivity index (χ4n) is 11.0. The molecule has 5 heterocycles. The number of pyridine rings is 2. The quantitative estimate of drug-likeness (QED) is 0.0105. The van der Waals surface area contributed by atoms with Gasteiger partial charge in [0.2, 0.25) is 29.2 Å². The number of esters is 1. The fraction of sp³-hybridized carbons (Fsp3) is 0.522. The van der Waals surface area contributed by atoms with Crippen LogP contribution in [-0.4, -0.2) is 139 Å². The first-order chi connectivity index (χ1) is 44.3. The van der Waals surface area contributed by atoms with Gasteiger partial charge in [-0.25, -0.2) is 33.1 Å². The zero-order valence-electron chi connectivity index (χ0n) is 54.1. The molecule has 3 atom stereocenters. The number of unbranched alkanes of at least 4 members (excludes halogenated alkanes) is 4. The third kappa shape index (κ3) is 20.5. The number of para-hydroxylation sites is 1. The van der Waals surface area contributed by atoms with Gasteiger partial charge in [-0.05, 0) is 114 Å². The van der Waals surface area contributed by atoms with E-state index in [1.807, 2.05) is 67.0 Å². The van der Waals surface area contributed by atoms with Crippen molar-refractivity contribution in [2.24, 2.45) is 5.73 Å². The van der Waals surface area contributed by atoms with E-state index in [0.717, 1.165) is 40.1 Å². The monoisotopic (exact) mass is 1310 g/mol. The van der Waals surface area contributed by atoms with Crippen molar-refractivity contribution in [2.75, 3.05) is 64.2 Å². The molecule has 1 unspecified atom stereocenters. The summed E-state index contributed by atoms with van der Waals surface area (Å²) in [6.07, 6.45) is 17.1. The summed E-state index contributed by atoms with van der Waals surface area (Å²) in [5, 5.41) is 12.8.